The molecule has 0 amide bonds. The topological polar surface area (TPSA) is 113 Å². The van der Waals surface area contributed by atoms with E-state index in [9.17, 15) is 5.26 Å². The first-order valence-electron chi connectivity index (χ1n) is 11.1. The Labute approximate surface area is 195 Å². The number of rotatable bonds is 10. The van der Waals surface area contributed by atoms with E-state index in [4.69, 9.17) is 10.5 Å². The Hall–Kier alpha value is -3.99. The molecule has 0 aliphatic rings. The summed E-state index contributed by atoms with van der Waals surface area (Å²) in [6, 6.07) is 19.9. The van der Waals surface area contributed by atoms with Crippen molar-refractivity contribution >= 4 is 11.8 Å². The van der Waals surface area contributed by atoms with E-state index in [1.165, 1.54) is 5.56 Å². The second-order valence-corrected chi connectivity index (χ2v) is 7.46. The van der Waals surface area contributed by atoms with E-state index in [1.807, 2.05) is 49.4 Å². The fourth-order valence-electron chi connectivity index (χ4n) is 3.44. The number of hydrogen-bond acceptors (Lipinski definition) is 5. The van der Waals surface area contributed by atoms with Crippen LogP contribution >= 0.6 is 0 Å². The second-order valence-electron chi connectivity index (χ2n) is 7.46. The minimum atomic E-state index is 0.371. The second kappa shape index (κ2) is 12.2. The molecule has 1 heterocycles. The maximum absolute atomic E-state index is 9.56. The van der Waals surface area contributed by atoms with Gasteiger partial charge in [-0.1, -0.05) is 30.3 Å². The molecule has 33 heavy (non-hydrogen) atoms. The number of aliphatic imine (C=N–C) groups is 1. The van der Waals surface area contributed by atoms with E-state index < -0.39 is 0 Å². The SMILES string of the molecule is CCNC(=NCCCc1nn(-c2ccccc2)c(N)c1C#N)NCCc1ccc(OC)cc1. The number of nitrogen functional groups attached to an aromatic ring is 1. The summed E-state index contributed by atoms with van der Waals surface area (Å²) in [7, 11) is 1.67. The van der Waals surface area contributed by atoms with Crippen LogP contribution in [0.15, 0.2) is 59.6 Å². The zero-order valence-corrected chi connectivity index (χ0v) is 19.2. The van der Waals surface area contributed by atoms with Gasteiger partial charge in [-0.15, -0.1) is 0 Å². The molecule has 0 saturated heterocycles. The molecule has 4 N–H and O–H groups in total. The Morgan fingerprint density at radius 1 is 1.12 bits per heavy atom. The van der Waals surface area contributed by atoms with Crippen molar-refractivity contribution in [2.24, 2.45) is 4.99 Å². The fourth-order valence-corrected chi connectivity index (χ4v) is 3.44. The molecule has 0 aliphatic heterocycles. The van der Waals surface area contributed by atoms with E-state index in [-0.39, 0.29) is 0 Å². The molecule has 3 rings (SSSR count). The summed E-state index contributed by atoms with van der Waals surface area (Å²) in [4.78, 5) is 4.66. The first kappa shape index (κ1) is 23.7. The Morgan fingerprint density at radius 2 is 1.88 bits per heavy atom. The van der Waals surface area contributed by atoms with Gasteiger partial charge in [-0.25, -0.2) is 4.68 Å². The molecule has 0 fully saturated rings. The van der Waals surface area contributed by atoms with Crippen molar-refractivity contribution in [3.05, 3.63) is 71.4 Å². The van der Waals surface area contributed by atoms with E-state index >= 15 is 0 Å². The number of nitrogens with two attached hydrogens (primary N) is 1. The van der Waals surface area contributed by atoms with Gasteiger partial charge in [-0.3, -0.25) is 4.99 Å². The Bertz CT molecular complexity index is 1080. The number of nitrogens with one attached hydrogen (secondary N) is 2. The fraction of sp³-hybridized carbons (Fsp3) is 0.320. The van der Waals surface area contributed by atoms with Crippen molar-refractivity contribution in [1.82, 2.24) is 20.4 Å². The number of nitriles is 1. The van der Waals surface area contributed by atoms with E-state index in [0.29, 0.717) is 30.0 Å². The van der Waals surface area contributed by atoms with Crippen LogP contribution in [0.2, 0.25) is 0 Å². The van der Waals surface area contributed by atoms with Gasteiger partial charge < -0.3 is 21.1 Å². The van der Waals surface area contributed by atoms with Gasteiger partial charge in [0.15, 0.2) is 5.96 Å². The molecule has 0 spiro atoms. The lowest BCUT2D eigenvalue weighted by Crippen LogP contribution is -2.38. The van der Waals surface area contributed by atoms with Crippen molar-refractivity contribution in [2.75, 3.05) is 32.5 Å². The highest BCUT2D eigenvalue weighted by molar-refractivity contribution is 5.79. The van der Waals surface area contributed by atoms with Crippen LogP contribution in [0.4, 0.5) is 5.82 Å². The number of nitrogens with zero attached hydrogens (tertiary/aromatic N) is 4. The first-order chi connectivity index (χ1) is 16.2. The van der Waals surface area contributed by atoms with E-state index in [0.717, 1.165) is 43.3 Å². The van der Waals surface area contributed by atoms with Crippen molar-refractivity contribution in [3.63, 3.8) is 0 Å². The molecule has 0 saturated carbocycles. The van der Waals surface area contributed by atoms with Crippen LogP contribution in [0.25, 0.3) is 5.69 Å². The Balaban J connectivity index is 1.54. The van der Waals surface area contributed by atoms with Gasteiger partial charge in [0.05, 0.1) is 18.5 Å². The van der Waals surface area contributed by atoms with Crippen molar-refractivity contribution in [3.8, 4) is 17.5 Å². The summed E-state index contributed by atoms with van der Waals surface area (Å²) >= 11 is 0. The predicted molar refractivity (Wildman–Crippen MR) is 132 cm³/mol. The molecule has 0 bridgehead atoms. The number of methoxy groups -OCH3 is 1. The predicted octanol–water partition coefficient (Wildman–Crippen LogP) is 3.07. The molecule has 8 nitrogen and oxygen atoms in total. The third-order valence-corrected chi connectivity index (χ3v) is 5.16. The molecular formula is C25H31N7O. The normalized spacial score (nSPS) is 11.1. The highest BCUT2D eigenvalue weighted by Gasteiger charge is 2.16. The van der Waals surface area contributed by atoms with E-state index in [1.54, 1.807) is 11.8 Å². The Morgan fingerprint density at radius 3 is 2.55 bits per heavy atom. The minimum Gasteiger partial charge on any atom is -0.497 e. The third kappa shape index (κ3) is 6.50. The lowest BCUT2D eigenvalue weighted by molar-refractivity contribution is 0.414. The lowest BCUT2D eigenvalue weighted by Gasteiger charge is -2.11. The quantitative estimate of drug-likeness (QED) is 0.251. The molecule has 0 unspecified atom stereocenters. The number of guanidine groups is 1. The monoisotopic (exact) mass is 445 g/mol. The first-order valence-corrected chi connectivity index (χ1v) is 11.1. The third-order valence-electron chi connectivity index (χ3n) is 5.16. The molecular weight excluding hydrogens is 414 g/mol. The number of ether oxygens (including phenoxy) is 1. The number of benzene rings is 2. The van der Waals surface area contributed by atoms with Crippen LogP contribution in [-0.4, -0.2) is 42.5 Å². The van der Waals surface area contributed by atoms with Crippen LogP contribution in [0.1, 0.15) is 30.2 Å². The summed E-state index contributed by atoms with van der Waals surface area (Å²) < 4.78 is 6.83. The number of anilines is 1. The van der Waals surface area contributed by atoms with Gasteiger partial charge >= 0.3 is 0 Å². The maximum Gasteiger partial charge on any atom is 0.191 e. The summed E-state index contributed by atoms with van der Waals surface area (Å²) in [5.74, 6) is 2.01. The summed E-state index contributed by atoms with van der Waals surface area (Å²) in [5.41, 5.74) is 9.39. The zero-order chi connectivity index (χ0) is 23.5. The van der Waals surface area contributed by atoms with Gasteiger partial charge in [0, 0.05) is 19.6 Å². The van der Waals surface area contributed by atoms with Crippen LogP contribution in [0, 0.1) is 11.3 Å². The van der Waals surface area contributed by atoms with E-state index in [2.05, 4.69) is 38.9 Å². The molecule has 0 aliphatic carbocycles. The molecule has 1 aromatic heterocycles. The number of aromatic nitrogens is 2. The average Bonchev–Trinajstić information content (AvgIpc) is 3.17. The van der Waals surface area contributed by atoms with Gasteiger partial charge in [-0.2, -0.15) is 10.4 Å². The smallest absolute Gasteiger partial charge is 0.191 e. The standard InChI is InChI=1S/C25H31N7O/c1-3-28-25(30-17-15-19-11-13-21(33-2)14-12-19)29-16-7-10-23-22(18-26)24(27)32(31-23)20-8-5-4-6-9-20/h4-6,8-9,11-14H,3,7,10,15-17,27H2,1-2H3,(H2,28,29,30). The summed E-state index contributed by atoms with van der Waals surface area (Å²) in [6.07, 6.45) is 2.27. The average molecular weight is 446 g/mol. The number of para-hydroxylation sites is 1. The van der Waals surface area contributed by atoms with Gasteiger partial charge in [0.2, 0.25) is 0 Å². The molecule has 0 radical (unpaired) electrons. The van der Waals surface area contributed by atoms with Crippen molar-refractivity contribution < 1.29 is 4.74 Å². The van der Waals surface area contributed by atoms with Gasteiger partial charge in [0.1, 0.15) is 23.2 Å². The lowest BCUT2D eigenvalue weighted by atomic mass is 10.1. The Kier molecular flexibility index (Phi) is 8.71. The van der Waals surface area contributed by atoms with Gasteiger partial charge in [-0.05, 0) is 56.0 Å². The van der Waals surface area contributed by atoms with Crippen LogP contribution in [0.3, 0.4) is 0 Å². The summed E-state index contributed by atoms with van der Waals surface area (Å²) in [5, 5.41) is 20.8. The highest BCUT2D eigenvalue weighted by atomic mass is 16.5. The molecule has 8 heteroatoms. The molecule has 3 aromatic rings. The molecule has 172 valence electrons. The zero-order valence-electron chi connectivity index (χ0n) is 19.2. The highest BCUT2D eigenvalue weighted by Crippen LogP contribution is 2.21. The molecule has 2 aromatic carbocycles. The van der Waals surface area contributed by atoms with Gasteiger partial charge in [0.25, 0.3) is 0 Å². The van der Waals surface area contributed by atoms with Crippen LogP contribution in [0.5, 0.6) is 5.75 Å². The van der Waals surface area contributed by atoms with Crippen molar-refractivity contribution in [2.45, 2.75) is 26.2 Å². The number of hydrogen-bond donors (Lipinski definition) is 3. The maximum atomic E-state index is 9.56. The largest absolute Gasteiger partial charge is 0.497 e. The molecule has 0 atom stereocenters. The number of aryl methyl sites for hydroxylation is 1. The minimum absolute atomic E-state index is 0.371. The van der Waals surface area contributed by atoms with Crippen molar-refractivity contribution in [1.29, 1.82) is 5.26 Å². The van der Waals surface area contributed by atoms with Crippen LogP contribution in [-0.2, 0) is 12.8 Å². The van der Waals surface area contributed by atoms with Crippen LogP contribution < -0.4 is 21.1 Å². The summed E-state index contributed by atoms with van der Waals surface area (Å²) in [6.45, 7) is 4.21.